The maximum Gasteiger partial charge on any atom is 0.317 e. The Morgan fingerprint density at radius 3 is 3.00 bits per heavy atom. The number of thiophene rings is 1. The first-order chi connectivity index (χ1) is 12.2. The van der Waals surface area contributed by atoms with Gasteiger partial charge in [-0.3, -0.25) is 0 Å². The van der Waals surface area contributed by atoms with Crippen molar-refractivity contribution < 1.29 is 4.79 Å². The lowest BCUT2D eigenvalue weighted by molar-refractivity contribution is 0.181. The first-order valence-electron chi connectivity index (χ1n) is 8.69. The van der Waals surface area contributed by atoms with Crippen molar-refractivity contribution in [2.75, 3.05) is 13.1 Å². The first-order valence-corrected chi connectivity index (χ1v) is 9.63. The molecule has 130 valence electrons. The minimum absolute atomic E-state index is 0.0460. The van der Waals surface area contributed by atoms with Crippen LogP contribution >= 0.6 is 11.3 Å². The summed E-state index contributed by atoms with van der Waals surface area (Å²) in [5.41, 5.74) is 4.73. The quantitative estimate of drug-likeness (QED) is 0.746. The van der Waals surface area contributed by atoms with E-state index >= 15 is 0 Å². The SMILES string of the molecule is Cc1cscc1CNC(=O)N1CCC(c2c[nH]c3ncccc23)CC1. The smallest absolute Gasteiger partial charge is 0.317 e. The Labute approximate surface area is 151 Å². The molecule has 1 aliphatic heterocycles. The highest BCUT2D eigenvalue weighted by Gasteiger charge is 2.25. The Hall–Kier alpha value is -2.34. The van der Waals surface area contributed by atoms with E-state index in [0.29, 0.717) is 12.5 Å². The van der Waals surface area contributed by atoms with Gasteiger partial charge in [-0.25, -0.2) is 9.78 Å². The molecule has 3 aromatic rings. The highest BCUT2D eigenvalue weighted by Crippen LogP contribution is 2.32. The summed E-state index contributed by atoms with van der Waals surface area (Å²) in [6.07, 6.45) is 5.88. The molecule has 0 aromatic carbocycles. The Bertz CT molecular complexity index is 876. The van der Waals surface area contributed by atoms with Gasteiger partial charge in [0, 0.05) is 37.4 Å². The molecule has 0 atom stereocenters. The van der Waals surface area contributed by atoms with Crippen LogP contribution in [0.2, 0.25) is 0 Å². The number of carbonyl (C=O) groups excluding carboxylic acids is 1. The average Bonchev–Trinajstić information content (AvgIpc) is 3.26. The van der Waals surface area contributed by atoms with Gasteiger partial charge in [-0.2, -0.15) is 11.3 Å². The van der Waals surface area contributed by atoms with Crippen molar-refractivity contribution in [2.45, 2.75) is 32.2 Å². The summed E-state index contributed by atoms with van der Waals surface area (Å²) in [6.45, 7) is 4.29. The van der Waals surface area contributed by atoms with E-state index in [4.69, 9.17) is 0 Å². The fourth-order valence-corrected chi connectivity index (χ4v) is 4.42. The Kier molecular flexibility index (Phi) is 4.44. The minimum Gasteiger partial charge on any atom is -0.346 e. The summed E-state index contributed by atoms with van der Waals surface area (Å²) in [6, 6.07) is 4.15. The van der Waals surface area contributed by atoms with E-state index in [-0.39, 0.29) is 6.03 Å². The third-order valence-corrected chi connectivity index (χ3v) is 6.01. The first kappa shape index (κ1) is 16.1. The van der Waals surface area contributed by atoms with Crippen molar-refractivity contribution in [2.24, 2.45) is 0 Å². The van der Waals surface area contributed by atoms with Crippen LogP contribution in [0.1, 0.15) is 35.4 Å². The van der Waals surface area contributed by atoms with Crippen LogP contribution < -0.4 is 5.32 Å². The Morgan fingerprint density at radius 2 is 2.24 bits per heavy atom. The van der Waals surface area contributed by atoms with Gasteiger partial charge in [-0.15, -0.1) is 0 Å². The molecule has 1 aliphatic rings. The van der Waals surface area contributed by atoms with Crippen LogP contribution in [0.4, 0.5) is 4.79 Å². The molecule has 0 bridgehead atoms. The fourth-order valence-electron chi connectivity index (χ4n) is 3.56. The molecule has 0 spiro atoms. The predicted octanol–water partition coefficient (Wildman–Crippen LogP) is 4.02. The number of hydrogen-bond acceptors (Lipinski definition) is 3. The molecule has 25 heavy (non-hydrogen) atoms. The highest BCUT2D eigenvalue weighted by molar-refractivity contribution is 7.08. The van der Waals surface area contributed by atoms with Crippen LogP contribution in [0.3, 0.4) is 0 Å². The highest BCUT2D eigenvalue weighted by atomic mass is 32.1. The number of aryl methyl sites for hydroxylation is 1. The van der Waals surface area contributed by atoms with Crippen LogP contribution in [-0.4, -0.2) is 34.0 Å². The van der Waals surface area contributed by atoms with Crippen LogP contribution in [0.25, 0.3) is 11.0 Å². The van der Waals surface area contributed by atoms with Gasteiger partial charge in [0.05, 0.1) is 0 Å². The fraction of sp³-hybridized carbons (Fsp3) is 0.368. The lowest BCUT2D eigenvalue weighted by Crippen LogP contribution is -2.43. The second kappa shape index (κ2) is 6.88. The number of carbonyl (C=O) groups is 1. The number of amides is 2. The van der Waals surface area contributed by atoms with Gasteiger partial charge in [0.25, 0.3) is 0 Å². The average molecular weight is 354 g/mol. The van der Waals surface area contributed by atoms with Gasteiger partial charge in [0.2, 0.25) is 0 Å². The number of H-pyrrole nitrogens is 1. The van der Waals surface area contributed by atoms with Crippen LogP contribution in [0.5, 0.6) is 0 Å². The number of nitrogens with zero attached hydrogens (tertiary/aromatic N) is 2. The molecule has 2 amide bonds. The summed E-state index contributed by atoms with van der Waals surface area (Å²) in [5, 5.41) is 8.48. The molecule has 1 saturated heterocycles. The molecule has 4 heterocycles. The molecule has 6 heteroatoms. The second-order valence-corrected chi connectivity index (χ2v) is 7.39. The zero-order valence-corrected chi connectivity index (χ0v) is 15.1. The maximum atomic E-state index is 12.4. The number of hydrogen-bond donors (Lipinski definition) is 2. The Morgan fingerprint density at radius 1 is 1.40 bits per heavy atom. The molecule has 5 nitrogen and oxygen atoms in total. The number of piperidine rings is 1. The standard InChI is InChI=1S/C19H22N4OS/c1-13-11-25-12-15(13)9-22-19(24)23-7-4-14(5-8-23)17-10-21-18-16(17)3-2-6-20-18/h2-3,6,10-12,14H,4-5,7-9H2,1H3,(H,20,21)(H,22,24). The summed E-state index contributed by atoms with van der Waals surface area (Å²) < 4.78 is 0. The zero-order chi connectivity index (χ0) is 17.2. The molecular weight excluding hydrogens is 332 g/mol. The third-order valence-electron chi connectivity index (χ3n) is 5.10. The molecule has 3 aromatic heterocycles. The number of urea groups is 1. The Balaban J connectivity index is 1.35. The van der Waals surface area contributed by atoms with E-state index in [1.165, 1.54) is 22.1 Å². The molecule has 2 N–H and O–H groups in total. The van der Waals surface area contributed by atoms with E-state index in [1.807, 2.05) is 17.2 Å². The van der Waals surface area contributed by atoms with Crippen LogP contribution in [-0.2, 0) is 6.54 Å². The molecule has 0 radical (unpaired) electrons. The van der Waals surface area contributed by atoms with Gasteiger partial charge < -0.3 is 15.2 Å². The maximum absolute atomic E-state index is 12.4. The number of pyridine rings is 1. The predicted molar refractivity (Wildman–Crippen MR) is 101 cm³/mol. The normalized spacial score (nSPS) is 15.6. The third kappa shape index (κ3) is 3.26. The summed E-state index contributed by atoms with van der Waals surface area (Å²) in [4.78, 5) is 22.0. The van der Waals surface area contributed by atoms with E-state index in [0.717, 1.165) is 31.6 Å². The van der Waals surface area contributed by atoms with E-state index in [2.05, 4.69) is 45.2 Å². The lowest BCUT2D eigenvalue weighted by atomic mass is 9.89. The zero-order valence-electron chi connectivity index (χ0n) is 14.3. The molecule has 1 fully saturated rings. The van der Waals surface area contributed by atoms with Gasteiger partial charge in [-0.1, -0.05) is 0 Å². The number of nitrogens with one attached hydrogen (secondary N) is 2. The van der Waals surface area contributed by atoms with E-state index in [1.54, 1.807) is 11.3 Å². The molecule has 0 unspecified atom stereocenters. The largest absolute Gasteiger partial charge is 0.346 e. The van der Waals surface area contributed by atoms with Crippen molar-refractivity contribution in [1.82, 2.24) is 20.2 Å². The summed E-state index contributed by atoms with van der Waals surface area (Å²) in [5.74, 6) is 0.487. The number of aromatic nitrogens is 2. The van der Waals surface area contributed by atoms with Crippen LogP contribution in [0.15, 0.2) is 35.3 Å². The van der Waals surface area contributed by atoms with Crippen molar-refractivity contribution in [1.29, 1.82) is 0 Å². The lowest BCUT2D eigenvalue weighted by Gasteiger charge is -2.32. The second-order valence-electron chi connectivity index (χ2n) is 6.64. The van der Waals surface area contributed by atoms with Gasteiger partial charge in [0.1, 0.15) is 5.65 Å². The molecule has 0 saturated carbocycles. The number of rotatable bonds is 3. The monoisotopic (exact) mass is 354 g/mol. The van der Waals surface area contributed by atoms with Crippen molar-refractivity contribution in [3.63, 3.8) is 0 Å². The molecule has 4 rings (SSSR count). The molecular formula is C19H22N4OS. The minimum atomic E-state index is 0.0460. The van der Waals surface area contributed by atoms with E-state index in [9.17, 15) is 4.79 Å². The van der Waals surface area contributed by atoms with Crippen molar-refractivity contribution in [3.05, 3.63) is 52.0 Å². The number of aromatic amines is 1. The summed E-state index contributed by atoms with van der Waals surface area (Å²) in [7, 11) is 0. The topological polar surface area (TPSA) is 61.0 Å². The van der Waals surface area contributed by atoms with E-state index < -0.39 is 0 Å². The number of fused-ring (bicyclic) bond motifs is 1. The van der Waals surface area contributed by atoms with Crippen molar-refractivity contribution >= 4 is 28.4 Å². The number of likely N-dealkylation sites (tertiary alicyclic amines) is 1. The molecule has 0 aliphatic carbocycles. The van der Waals surface area contributed by atoms with Crippen LogP contribution in [0, 0.1) is 6.92 Å². The summed E-state index contributed by atoms with van der Waals surface area (Å²) >= 11 is 1.68. The van der Waals surface area contributed by atoms with Gasteiger partial charge in [-0.05, 0) is 65.3 Å². The van der Waals surface area contributed by atoms with Gasteiger partial charge in [0.15, 0.2) is 0 Å². The van der Waals surface area contributed by atoms with Crippen molar-refractivity contribution in [3.8, 4) is 0 Å². The van der Waals surface area contributed by atoms with Gasteiger partial charge >= 0.3 is 6.03 Å².